The van der Waals surface area contributed by atoms with Crippen LogP contribution in [-0.2, 0) is 9.47 Å². The van der Waals surface area contributed by atoms with E-state index >= 15 is 0 Å². The number of ether oxygens (including phenoxy) is 2. The Morgan fingerprint density at radius 1 is 1.38 bits per heavy atom. The van der Waals surface area contributed by atoms with Crippen LogP contribution in [0.1, 0.15) is 37.9 Å². The number of halogens is 1. The molecular formula is C13H17BrO2. The SMILES string of the molecule is C[C@@H](OC1CCCCO1)c1ccccc1Br. The second kappa shape index (κ2) is 5.80. The maximum Gasteiger partial charge on any atom is 0.158 e. The second-order valence-corrected chi connectivity index (χ2v) is 4.95. The molecule has 0 bridgehead atoms. The molecule has 16 heavy (non-hydrogen) atoms. The van der Waals surface area contributed by atoms with Crippen molar-refractivity contribution in [1.82, 2.24) is 0 Å². The van der Waals surface area contributed by atoms with Gasteiger partial charge in [0.25, 0.3) is 0 Å². The maximum absolute atomic E-state index is 5.91. The minimum atomic E-state index is -0.0316. The molecule has 1 saturated heterocycles. The van der Waals surface area contributed by atoms with E-state index in [0.717, 1.165) is 23.9 Å². The summed E-state index contributed by atoms with van der Waals surface area (Å²) < 4.78 is 12.6. The molecule has 1 aliphatic rings. The zero-order valence-electron chi connectivity index (χ0n) is 9.49. The van der Waals surface area contributed by atoms with Crippen LogP contribution in [0.15, 0.2) is 28.7 Å². The molecule has 2 rings (SSSR count). The second-order valence-electron chi connectivity index (χ2n) is 4.10. The fraction of sp³-hybridized carbons (Fsp3) is 0.538. The van der Waals surface area contributed by atoms with E-state index in [9.17, 15) is 0 Å². The molecule has 1 aromatic carbocycles. The summed E-state index contributed by atoms with van der Waals surface area (Å²) >= 11 is 3.54. The molecule has 0 radical (unpaired) electrons. The zero-order chi connectivity index (χ0) is 11.4. The molecular weight excluding hydrogens is 268 g/mol. The molecule has 1 heterocycles. The average molecular weight is 285 g/mol. The fourth-order valence-electron chi connectivity index (χ4n) is 1.92. The van der Waals surface area contributed by atoms with E-state index in [-0.39, 0.29) is 12.4 Å². The minimum absolute atomic E-state index is 0.0316. The van der Waals surface area contributed by atoms with E-state index < -0.39 is 0 Å². The molecule has 2 atom stereocenters. The first-order valence-electron chi connectivity index (χ1n) is 5.79. The number of hydrogen-bond donors (Lipinski definition) is 0. The Balaban J connectivity index is 1.96. The molecule has 0 spiro atoms. The van der Waals surface area contributed by atoms with E-state index in [1.807, 2.05) is 18.2 Å². The average Bonchev–Trinajstić information content (AvgIpc) is 2.31. The van der Waals surface area contributed by atoms with Crippen LogP contribution in [0.3, 0.4) is 0 Å². The van der Waals surface area contributed by atoms with Crippen molar-refractivity contribution in [3.8, 4) is 0 Å². The molecule has 2 nitrogen and oxygen atoms in total. The molecule has 0 aliphatic carbocycles. The summed E-state index contributed by atoms with van der Waals surface area (Å²) in [4.78, 5) is 0. The van der Waals surface area contributed by atoms with Crippen LogP contribution in [0.2, 0.25) is 0 Å². The van der Waals surface area contributed by atoms with Gasteiger partial charge in [0.2, 0.25) is 0 Å². The quantitative estimate of drug-likeness (QED) is 0.834. The fourth-order valence-corrected chi connectivity index (χ4v) is 2.53. The highest BCUT2D eigenvalue weighted by Gasteiger charge is 2.19. The van der Waals surface area contributed by atoms with Gasteiger partial charge in [0.1, 0.15) is 0 Å². The van der Waals surface area contributed by atoms with E-state index in [4.69, 9.17) is 9.47 Å². The van der Waals surface area contributed by atoms with Crippen LogP contribution in [0.5, 0.6) is 0 Å². The van der Waals surface area contributed by atoms with Crippen LogP contribution >= 0.6 is 15.9 Å². The highest BCUT2D eigenvalue weighted by molar-refractivity contribution is 9.10. The van der Waals surface area contributed by atoms with Gasteiger partial charge in [-0.05, 0) is 37.8 Å². The lowest BCUT2D eigenvalue weighted by atomic mass is 10.1. The van der Waals surface area contributed by atoms with Gasteiger partial charge >= 0.3 is 0 Å². The summed E-state index contributed by atoms with van der Waals surface area (Å²) in [5, 5.41) is 0. The lowest BCUT2D eigenvalue weighted by molar-refractivity contribution is -0.186. The van der Waals surface area contributed by atoms with Crippen molar-refractivity contribution in [1.29, 1.82) is 0 Å². The van der Waals surface area contributed by atoms with Crippen molar-refractivity contribution in [2.45, 2.75) is 38.6 Å². The van der Waals surface area contributed by atoms with Crippen LogP contribution in [0.25, 0.3) is 0 Å². The van der Waals surface area contributed by atoms with Gasteiger partial charge in [-0.2, -0.15) is 0 Å². The first-order valence-corrected chi connectivity index (χ1v) is 6.58. The minimum Gasteiger partial charge on any atom is -0.353 e. The van der Waals surface area contributed by atoms with E-state index in [2.05, 4.69) is 28.9 Å². The molecule has 3 heteroatoms. The first kappa shape index (κ1) is 12.1. The van der Waals surface area contributed by atoms with Crippen LogP contribution in [0, 0.1) is 0 Å². The Hall–Kier alpha value is -0.380. The zero-order valence-corrected chi connectivity index (χ0v) is 11.1. The summed E-state index contributed by atoms with van der Waals surface area (Å²) in [5.41, 5.74) is 1.18. The van der Waals surface area contributed by atoms with E-state index in [0.29, 0.717) is 0 Å². The predicted octanol–water partition coefficient (Wildman–Crippen LogP) is 4.05. The molecule has 0 N–H and O–H groups in total. The summed E-state index contributed by atoms with van der Waals surface area (Å²) in [7, 11) is 0. The lowest BCUT2D eigenvalue weighted by Gasteiger charge is -2.26. The Morgan fingerprint density at radius 2 is 2.19 bits per heavy atom. The number of benzene rings is 1. The summed E-state index contributed by atoms with van der Waals surface area (Å²) in [6, 6.07) is 8.16. The van der Waals surface area contributed by atoms with Gasteiger partial charge in [0, 0.05) is 11.1 Å². The van der Waals surface area contributed by atoms with Crippen molar-refractivity contribution in [2.75, 3.05) is 6.61 Å². The molecule has 0 saturated carbocycles. The predicted molar refractivity (Wildman–Crippen MR) is 67.2 cm³/mol. The molecule has 0 aromatic heterocycles. The maximum atomic E-state index is 5.91. The molecule has 1 fully saturated rings. The highest BCUT2D eigenvalue weighted by atomic mass is 79.9. The van der Waals surface area contributed by atoms with Gasteiger partial charge in [-0.1, -0.05) is 34.1 Å². The highest BCUT2D eigenvalue weighted by Crippen LogP contribution is 2.28. The molecule has 1 aromatic rings. The standard InChI is InChI=1S/C13H17BrO2/c1-10(11-6-2-3-7-12(11)14)16-13-8-4-5-9-15-13/h2-3,6-7,10,13H,4-5,8-9H2,1H3/t10-,13?/m1/s1. The van der Waals surface area contributed by atoms with Crippen molar-refractivity contribution < 1.29 is 9.47 Å². The van der Waals surface area contributed by atoms with Crippen molar-refractivity contribution in [2.24, 2.45) is 0 Å². The lowest BCUT2D eigenvalue weighted by Crippen LogP contribution is -2.23. The molecule has 1 unspecified atom stereocenters. The largest absolute Gasteiger partial charge is 0.353 e. The monoisotopic (exact) mass is 284 g/mol. The van der Waals surface area contributed by atoms with Gasteiger partial charge in [0.05, 0.1) is 6.10 Å². The number of rotatable bonds is 3. The first-order chi connectivity index (χ1) is 7.77. The summed E-state index contributed by atoms with van der Waals surface area (Å²) in [6.07, 6.45) is 3.40. The van der Waals surface area contributed by atoms with Crippen LogP contribution in [0.4, 0.5) is 0 Å². The van der Waals surface area contributed by atoms with Crippen molar-refractivity contribution >= 4 is 15.9 Å². The van der Waals surface area contributed by atoms with Gasteiger partial charge in [-0.15, -0.1) is 0 Å². The molecule has 1 aliphatic heterocycles. The normalized spacial score (nSPS) is 23.0. The third kappa shape index (κ3) is 3.06. The van der Waals surface area contributed by atoms with Crippen molar-refractivity contribution in [3.05, 3.63) is 34.3 Å². The third-order valence-electron chi connectivity index (χ3n) is 2.84. The Labute approximate surface area is 105 Å². The van der Waals surface area contributed by atoms with Crippen LogP contribution < -0.4 is 0 Å². The Bertz CT molecular complexity index is 334. The summed E-state index contributed by atoms with van der Waals surface area (Å²) in [6.45, 7) is 2.89. The van der Waals surface area contributed by atoms with Gasteiger partial charge in [-0.25, -0.2) is 0 Å². The summed E-state index contributed by atoms with van der Waals surface area (Å²) in [5.74, 6) is 0. The van der Waals surface area contributed by atoms with Gasteiger partial charge in [-0.3, -0.25) is 0 Å². The third-order valence-corrected chi connectivity index (χ3v) is 3.56. The Morgan fingerprint density at radius 3 is 2.88 bits per heavy atom. The van der Waals surface area contributed by atoms with Gasteiger partial charge < -0.3 is 9.47 Å². The molecule has 0 amide bonds. The smallest absolute Gasteiger partial charge is 0.158 e. The van der Waals surface area contributed by atoms with Gasteiger partial charge in [0.15, 0.2) is 6.29 Å². The van der Waals surface area contributed by atoms with E-state index in [1.165, 1.54) is 12.0 Å². The Kier molecular flexibility index (Phi) is 4.38. The van der Waals surface area contributed by atoms with E-state index in [1.54, 1.807) is 0 Å². The van der Waals surface area contributed by atoms with Crippen LogP contribution in [-0.4, -0.2) is 12.9 Å². The molecule has 88 valence electrons. The topological polar surface area (TPSA) is 18.5 Å². The van der Waals surface area contributed by atoms with Crippen molar-refractivity contribution in [3.63, 3.8) is 0 Å². The number of hydrogen-bond acceptors (Lipinski definition) is 2.